The van der Waals surface area contributed by atoms with Gasteiger partial charge in [-0.3, -0.25) is 10.2 Å². The van der Waals surface area contributed by atoms with Crippen molar-refractivity contribution in [3.63, 3.8) is 0 Å². The standard InChI is InChI=1S/C23H21N5O4/c1-13(26-27-16-6-4-15(5-7-16)23(30)31)19-12-24-28(14(19)2)21-11-22(29)25-20-9-8-17(32-3)10-18(20)21/h4-12,27H,1-3H3,(H,25,29)(H,30,31)/b26-13+. The van der Waals surface area contributed by atoms with Crippen molar-refractivity contribution in [3.05, 3.63) is 81.9 Å². The molecule has 0 aliphatic carbocycles. The van der Waals surface area contributed by atoms with Crippen LogP contribution in [-0.4, -0.2) is 38.7 Å². The lowest BCUT2D eigenvalue weighted by Gasteiger charge is -2.10. The first kappa shape index (κ1) is 20.9. The highest BCUT2D eigenvalue weighted by molar-refractivity contribution is 6.00. The average Bonchev–Trinajstić information content (AvgIpc) is 3.18. The molecule has 4 aromatic rings. The highest BCUT2D eigenvalue weighted by Gasteiger charge is 2.14. The van der Waals surface area contributed by atoms with E-state index in [1.54, 1.807) is 42.3 Å². The lowest BCUT2D eigenvalue weighted by atomic mass is 10.1. The minimum absolute atomic E-state index is 0.204. The molecule has 0 fully saturated rings. The minimum atomic E-state index is -0.982. The molecule has 0 aliphatic rings. The third-order valence-electron chi connectivity index (χ3n) is 5.14. The molecule has 0 unspecified atom stereocenters. The van der Waals surface area contributed by atoms with E-state index in [-0.39, 0.29) is 11.1 Å². The van der Waals surface area contributed by atoms with Gasteiger partial charge in [0.15, 0.2) is 0 Å². The Balaban J connectivity index is 1.68. The van der Waals surface area contributed by atoms with Gasteiger partial charge >= 0.3 is 5.97 Å². The maximum absolute atomic E-state index is 12.2. The second-order valence-electron chi connectivity index (χ2n) is 7.18. The van der Waals surface area contributed by atoms with E-state index >= 15 is 0 Å². The molecule has 0 bridgehead atoms. The van der Waals surface area contributed by atoms with Crippen LogP contribution < -0.4 is 15.7 Å². The maximum Gasteiger partial charge on any atom is 0.335 e. The number of nitrogens with one attached hydrogen (secondary N) is 2. The second kappa shape index (κ2) is 8.38. The van der Waals surface area contributed by atoms with Crippen LogP contribution in [0.3, 0.4) is 0 Å². The maximum atomic E-state index is 12.2. The Bertz CT molecular complexity index is 1400. The highest BCUT2D eigenvalue weighted by Crippen LogP contribution is 2.25. The third-order valence-corrected chi connectivity index (χ3v) is 5.14. The van der Waals surface area contributed by atoms with Crippen LogP contribution in [0.1, 0.15) is 28.5 Å². The Hall–Kier alpha value is -4.40. The number of carboxylic acids is 1. The Kier molecular flexibility index (Phi) is 5.46. The van der Waals surface area contributed by atoms with E-state index in [0.29, 0.717) is 28.4 Å². The molecule has 0 atom stereocenters. The Morgan fingerprint density at radius 2 is 1.94 bits per heavy atom. The molecule has 0 saturated carbocycles. The van der Waals surface area contributed by atoms with Crippen LogP contribution >= 0.6 is 0 Å². The molecule has 0 aliphatic heterocycles. The van der Waals surface area contributed by atoms with Crippen molar-refractivity contribution in [3.8, 4) is 11.4 Å². The van der Waals surface area contributed by atoms with E-state index in [2.05, 4.69) is 20.6 Å². The van der Waals surface area contributed by atoms with Crippen molar-refractivity contribution in [1.29, 1.82) is 0 Å². The summed E-state index contributed by atoms with van der Waals surface area (Å²) in [7, 11) is 1.59. The summed E-state index contributed by atoms with van der Waals surface area (Å²) in [5.41, 5.74) is 7.17. The summed E-state index contributed by atoms with van der Waals surface area (Å²) in [5.74, 6) is -0.309. The topological polar surface area (TPSA) is 122 Å². The zero-order valence-electron chi connectivity index (χ0n) is 17.7. The van der Waals surface area contributed by atoms with E-state index in [1.807, 2.05) is 19.9 Å². The zero-order chi connectivity index (χ0) is 22.8. The molecule has 32 heavy (non-hydrogen) atoms. The fourth-order valence-electron chi connectivity index (χ4n) is 3.42. The van der Waals surface area contributed by atoms with Crippen LogP contribution in [0.2, 0.25) is 0 Å². The van der Waals surface area contributed by atoms with Crippen molar-refractivity contribution in [2.24, 2.45) is 5.10 Å². The van der Waals surface area contributed by atoms with Crippen molar-refractivity contribution >= 4 is 28.3 Å². The summed E-state index contributed by atoms with van der Waals surface area (Å²) >= 11 is 0. The molecule has 0 radical (unpaired) electrons. The lowest BCUT2D eigenvalue weighted by molar-refractivity contribution is 0.0697. The number of carbonyl (C=O) groups is 1. The minimum Gasteiger partial charge on any atom is -0.497 e. The first-order chi connectivity index (χ1) is 15.4. The summed E-state index contributed by atoms with van der Waals surface area (Å²) in [6.07, 6.45) is 1.69. The molecular weight excluding hydrogens is 410 g/mol. The normalized spacial score (nSPS) is 11.5. The van der Waals surface area contributed by atoms with Gasteiger partial charge in [-0.1, -0.05) is 0 Å². The number of ether oxygens (including phenoxy) is 1. The number of methoxy groups -OCH3 is 1. The van der Waals surface area contributed by atoms with Crippen LogP contribution in [0.25, 0.3) is 16.6 Å². The molecule has 0 spiro atoms. The summed E-state index contributed by atoms with van der Waals surface area (Å²) in [5, 5.41) is 18.7. The second-order valence-corrected chi connectivity index (χ2v) is 7.18. The van der Waals surface area contributed by atoms with Crippen molar-refractivity contribution in [2.45, 2.75) is 13.8 Å². The predicted molar refractivity (Wildman–Crippen MR) is 122 cm³/mol. The molecule has 2 aromatic heterocycles. The van der Waals surface area contributed by atoms with E-state index in [1.165, 1.54) is 18.2 Å². The van der Waals surface area contributed by atoms with Crippen LogP contribution in [0.15, 0.2) is 64.6 Å². The molecule has 9 nitrogen and oxygen atoms in total. The van der Waals surface area contributed by atoms with Crippen molar-refractivity contribution in [2.75, 3.05) is 12.5 Å². The van der Waals surface area contributed by atoms with Crippen LogP contribution in [0, 0.1) is 6.92 Å². The molecule has 9 heteroatoms. The third kappa shape index (κ3) is 3.95. The van der Waals surface area contributed by atoms with Gasteiger partial charge in [0.05, 0.1) is 47.2 Å². The number of rotatable bonds is 6. The molecule has 0 saturated heterocycles. The summed E-state index contributed by atoms with van der Waals surface area (Å²) < 4.78 is 7.03. The largest absolute Gasteiger partial charge is 0.497 e. The van der Waals surface area contributed by atoms with Gasteiger partial charge in [0.2, 0.25) is 0 Å². The van der Waals surface area contributed by atoms with Crippen LogP contribution in [0.4, 0.5) is 5.69 Å². The number of hydrogen-bond acceptors (Lipinski definition) is 6. The molecule has 4 rings (SSSR count). The Morgan fingerprint density at radius 3 is 2.62 bits per heavy atom. The van der Waals surface area contributed by atoms with E-state index < -0.39 is 5.97 Å². The first-order valence-electron chi connectivity index (χ1n) is 9.77. The van der Waals surface area contributed by atoms with Gasteiger partial charge in [0.1, 0.15) is 5.75 Å². The highest BCUT2D eigenvalue weighted by atomic mass is 16.5. The Morgan fingerprint density at radius 1 is 1.19 bits per heavy atom. The van der Waals surface area contributed by atoms with Crippen LogP contribution in [-0.2, 0) is 0 Å². The van der Waals surface area contributed by atoms with Gasteiger partial charge in [-0.2, -0.15) is 10.2 Å². The van der Waals surface area contributed by atoms with Gasteiger partial charge in [-0.15, -0.1) is 0 Å². The monoisotopic (exact) mass is 431 g/mol. The Labute approximate surface area is 183 Å². The first-order valence-corrected chi connectivity index (χ1v) is 9.77. The number of hydrazone groups is 1. The van der Waals surface area contributed by atoms with Gasteiger partial charge in [0, 0.05) is 17.0 Å². The molecule has 162 valence electrons. The summed E-state index contributed by atoms with van der Waals surface area (Å²) in [4.78, 5) is 26.0. The number of aromatic nitrogens is 3. The fraction of sp³-hybridized carbons (Fsp3) is 0.130. The van der Waals surface area contributed by atoms with E-state index in [0.717, 1.165) is 16.6 Å². The number of hydrogen-bond donors (Lipinski definition) is 3. The van der Waals surface area contributed by atoms with Gasteiger partial charge in [-0.25, -0.2) is 9.48 Å². The number of aromatic carboxylic acids is 1. The number of aromatic amines is 1. The summed E-state index contributed by atoms with van der Waals surface area (Å²) in [6, 6.07) is 13.2. The van der Waals surface area contributed by atoms with Gasteiger partial charge in [0.25, 0.3) is 5.56 Å². The lowest BCUT2D eigenvalue weighted by Crippen LogP contribution is -2.10. The number of anilines is 1. The van der Waals surface area contributed by atoms with Crippen molar-refractivity contribution in [1.82, 2.24) is 14.8 Å². The van der Waals surface area contributed by atoms with E-state index in [9.17, 15) is 9.59 Å². The van der Waals surface area contributed by atoms with Crippen molar-refractivity contribution < 1.29 is 14.6 Å². The summed E-state index contributed by atoms with van der Waals surface area (Å²) in [6.45, 7) is 3.74. The van der Waals surface area contributed by atoms with Gasteiger partial charge in [-0.05, 0) is 56.3 Å². The fourth-order valence-corrected chi connectivity index (χ4v) is 3.42. The van der Waals surface area contributed by atoms with Crippen LogP contribution in [0.5, 0.6) is 5.75 Å². The quantitative estimate of drug-likeness (QED) is 0.317. The number of nitrogens with zero attached hydrogens (tertiary/aromatic N) is 3. The smallest absolute Gasteiger partial charge is 0.335 e. The molecule has 2 heterocycles. The SMILES string of the molecule is COc1ccc2[nH]c(=O)cc(-n3ncc(/C(C)=N/Nc4ccc(C(=O)O)cc4)c3C)c2c1. The van der Waals surface area contributed by atoms with Gasteiger partial charge < -0.3 is 14.8 Å². The molecule has 0 amide bonds. The zero-order valence-corrected chi connectivity index (χ0v) is 17.7. The van der Waals surface area contributed by atoms with E-state index in [4.69, 9.17) is 9.84 Å². The molecule has 2 aromatic carbocycles. The number of benzene rings is 2. The number of fused-ring (bicyclic) bond motifs is 1. The number of H-pyrrole nitrogens is 1. The molecular formula is C23H21N5O4. The average molecular weight is 431 g/mol. The molecule has 3 N–H and O–H groups in total. The number of pyridine rings is 1. The number of carboxylic acid groups (broad SMARTS) is 1. The predicted octanol–water partition coefficient (Wildman–Crippen LogP) is 3.57.